The van der Waals surface area contributed by atoms with Gasteiger partial charge in [-0.1, -0.05) is 59.7 Å². The molecule has 1 heteroatoms. The van der Waals surface area contributed by atoms with Gasteiger partial charge in [0.1, 0.15) is 0 Å². The van der Waals surface area contributed by atoms with Crippen LogP contribution in [-0.4, -0.2) is 0 Å². The van der Waals surface area contributed by atoms with Crippen LogP contribution in [0.2, 0.25) is 0 Å². The maximum Gasteiger partial charge on any atom is -0.0184 e. The van der Waals surface area contributed by atoms with Crippen molar-refractivity contribution < 1.29 is 0 Å². The Morgan fingerprint density at radius 1 is 0.533 bits per heavy atom. The van der Waals surface area contributed by atoms with Gasteiger partial charge in [0.25, 0.3) is 0 Å². The van der Waals surface area contributed by atoms with Crippen molar-refractivity contribution in [2.45, 2.75) is 13.8 Å². The van der Waals surface area contributed by atoms with Gasteiger partial charge >= 0.3 is 0 Å². The largest absolute Gasteiger partial charge is 0.197 e. The zero-order valence-corrected chi connectivity index (χ0v) is 10.1. The normalized spacial score (nSPS) is 9.47. The first-order valence-corrected chi connectivity index (χ1v) is 4.89. The van der Waals surface area contributed by atoms with Crippen LogP contribution in [0.25, 0.3) is 11.1 Å². The van der Waals surface area contributed by atoms with Crippen LogP contribution in [0.4, 0.5) is 0 Å². The molecule has 0 unspecified atom stereocenters. The Hall–Kier alpha value is -1.21. The molecule has 2 aromatic carbocycles. The van der Waals surface area contributed by atoms with Crippen molar-refractivity contribution in [1.82, 2.24) is 0 Å². The lowest BCUT2D eigenvalue weighted by Gasteiger charge is -2.02. The number of hydrogen-bond acceptors (Lipinski definition) is 0. The SMILES string of the molecule is Cc1ccc(-c2ccc(C)cc2)cc1.S. The van der Waals surface area contributed by atoms with Gasteiger partial charge in [0.2, 0.25) is 0 Å². The standard InChI is InChI=1S/C14H14.H2S/c1-11-3-7-13(8-4-11)14-9-5-12(2)6-10-14;/h3-10H,1-2H3;1H2. The number of benzene rings is 2. The molecule has 0 nitrogen and oxygen atoms in total. The molecule has 0 saturated carbocycles. The van der Waals surface area contributed by atoms with Crippen molar-refractivity contribution in [3.8, 4) is 11.1 Å². The first-order valence-electron chi connectivity index (χ1n) is 4.89. The molecule has 78 valence electrons. The Balaban J connectivity index is 0.00000112. The minimum atomic E-state index is 0. The summed E-state index contributed by atoms with van der Waals surface area (Å²) in [5.41, 5.74) is 5.19. The smallest absolute Gasteiger partial charge is 0.0184 e. The summed E-state index contributed by atoms with van der Waals surface area (Å²) in [6.45, 7) is 4.22. The third-order valence-electron chi connectivity index (χ3n) is 2.44. The molecular weight excluding hydrogens is 200 g/mol. The maximum atomic E-state index is 2.17. The fourth-order valence-corrected chi connectivity index (χ4v) is 1.49. The van der Waals surface area contributed by atoms with Gasteiger partial charge in [0.15, 0.2) is 0 Å². The summed E-state index contributed by atoms with van der Waals surface area (Å²) in [5.74, 6) is 0. The van der Waals surface area contributed by atoms with Gasteiger partial charge in [0.05, 0.1) is 0 Å². The van der Waals surface area contributed by atoms with Gasteiger partial charge < -0.3 is 0 Å². The van der Waals surface area contributed by atoms with E-state index < -0.39 is 0 Å². The van der Waals surface area contributed by atoms with Crippen LogP contribution >= 0.6 is 13.5 Å². The average Bonchev–Trinajstić information content (AvgIpc) is 2.21. The van der Waals surface area contributed by atoms with Crippen LogP contribution in [0.15, 0.2) is 48.5 Å². The molecule has 0 saturated heterocycles. The van der Waals surface area contributed by atoms with Crippen LogP contribution in [0.5, 0.6) is 0 Å². The Morgan fingerprint density at radius 3 is 1.07 bits per heavy atom. The second-order valence-corrected chi connectivity index (χ2v) is 3.73. The Bertz CT molecular complexity index is 369. The molecule has 0 N–H and O–H groups in total. The zero-order valence-electron chi connectivity index (χ0n) is 9.12. The fraction of sp³-hybridized carbons (Fsp3) is 0.143. The molecule has 0 aromatic heterocycles. The highest BCUT2D eigenvalue weighted by atomic mass is 32.1. The van der Waals surface area contributed by atoms with Gasteiger partial charge in [-0.25, -0.2) is 0 Å². The highest BCUT2D eigenvalue weighted by molar-refractivity contribution is 7.59. The van der Waals surface area contributed by atoms with Crippen molar-refractivity contribution in [2.75, 3.05) is 0 Å². The molecule has 0 radical (unpaired) electrons. The quantitative estimate of drug-likeness (QED) is 0.673. The van der Waals surface area contributed by atoms with Crippen LogP contribution in [0, 0.1) is 13.8 Å². The van der Waals surface area contributed by atoms with Gasteiger partial charge in [-0.2, -0.15) is 13.5 Å². The van der Waals surface area contributed by atoms with Gasteiger partial charge in [-0.05, 0) is 25.0 Å². The Kier molecular flexibility index (Phi) is 3.98. The van der Waals surface area contributed by atoms with Gasteiger partial charge in [-0.15, -0.1) is 0 Å². The van der Waals surface area contributed by atoms with Gasteiger partial charge in [-0.3, -0.25) is 0 Å². The molecule has 0 heterocycles. The van der Waals surface area contributed by atoms with Gasteiger partial charge in [0, 0.05) is 0 Å². The van der Waals surface area contributed by atoms with E-state index in [2.05, 4.69) is 62.4 Å². The van der Waals surface area contributed by atoms with Crippen molar-refractivity contribution in [3.63, 3.8) is 0 Å². The predicted molar refractivity (Wildman–Crippen MR) is 71.7 cm³/mol. The molecule has 0 fully saturated rings. The Morgan fingerprint density at radius 2 is 0.800 bits per heavy atom. The second-order valence-electron chi connectivity index (χ2n) is 3.73. The molecule has 0 aliphatic rings. The Labute approximate surface area is 98.4 Å². The number of aryl methyl sites for hydroxylation is 2. The zero-order chi connectivity index (χ0) is 9.97. The molecule has 0 amide bonds. The molecule has 0 atom stereocenters. The molecule has 0 spiro atoms. The summed E-state index contributed by atoms with van der Waals surface area (Å²) < 4.78 is 0. The molecule has 0 bridgehead atoms. The number of hydrogen-bond donors (Lipinski definition) is 0. The van der Waals surface area contributed by atoms with E-state index in [4.69, 9.17) is 0 Å². The lowest BCUT2D eigenvalue weighted by Crippen LogP contribution is -1.78. The lowest BCUT2D eigenvalue weighted by atomic mass is 10.0. The highest BCUT2D eigenvalue weighted by Crippen LogP contribution is 2.19. The van der Waals surface area contributed by atoms with Crippen LogP contribution in [0.3, 0.4) is 0 Å². The third-order valence-corrected chi connectivity index (χ3v) is 2.44. The highest BCUT2D eigenvalue weighted by Gasteiger charge is 1.95. The first kappa shape index (κ1) is 11.9. The molecule has 2 rings (SSSR count). The lowest BCUT2D eigenvalue weighted by molar-refractivity contribution is 1.45. The van der Waals surface area contributed by atoms with E-state index in [9.17, 15) is 0 Å². The van der Waals surface area contributed by atoms with E-state index >= 15 is 0 Å². The second kappa shape index (κ2) is 5.04. The first-order chi connectivity index (χ1) is 6.75. The monoisotopic (exact) mass is 216 g/mol. The van der Waals surface area contributed by atoms with E-state index in [1.165, 1.54) is 22.3 Å². The molecule has 2 aromatic rings. The summed E-state index contributed by atoms with van der Waals surface area (Å²) in [6.07, 6.45) is 0. The third kappa shape index (κ3) is 2.87. The minimum absolute atomic E-state index is 0. The summed E-state index contributed by atoms with van der Waals surface area (Å²) in [5, 5.41) is 0. The van der Waals surface area contributed by atoms with Crippen molar-refractivity contribution in [1.29, 1.82) is 0 Å². The maximum absolute atomic E-state index is 2.17. The van der Waals surface area contributed by atoms with E-state index in [0.29, 0.717) is 0 Å². The number of rotatable bonds is 1. The summed E-state index contributed by atoms with van der Waals surface area (Å²) in [6, 6.07) is 17.3. The minimum Gasteiger partial charge on any atom is -0.197 e. The van der Waals surface area contributed by atoms with E-state index in [0.717, 1.165) is 0 Å². The van der Waals surface area contributed by atoms with Crippen LogP contribution in [0.1, 0.15) is 11.1 Å². The van der Waals surface area contributed by atoms with E-state index in [1.54, 1.807) is 0 Å². The van der Waals surface area contributed by atoms with E-state index in [1.807, 2.05) is 0 Å². The molecule has 0 aliphatic carbocycles. The average molecular weight is 216 g/mol. The summed E-state index contributed by atoms with van der Waals surface area (Å²) >= 11 is 0. The van der Waals surface area contributed by atoms with Crippen molar-refractivity contribution in [2.24, 2.45) is 0 Å². The van der Waals surface area contributed by atoms with Crippen molar-refractivity contribution >= 4 is 13.5 Å². The predicted octanol–water partition coefficient (Wildman–Crippen LogP) is 4.08. The summed E-state index contributed by atoms with van der Waals surface area (Å²) in [7, 11) is 0. The molecular formula is C14H16S. The van der Waals surface area contributed by atoms with E-state index in [-0.39, 0.29) is 13.5 Å². The van der Waals surface area contributed by atoms with Crippen molar-refractivity contribution in [3.05, 3.63) is 59.7 Å². The topological polar surface area (TPSA) is 0 Å². The summed E-state index contributed by atoms with van der Waals surface area (Å²) in [4.78, 5) is 0. The molecule has 0 aliphatic heterocycles. The molecule has 15 heavy (non-hydrogen) atoms. The van der Waals surface area contributed by atoms with Crippen LogP contribution < -0.4 is 0 Å². The fourth-order valence-electron chi connectivity index (χ4n) is 1.49. The van der Waals surface area contributed by atoms with Crippen LogP contribution in [-0.2, 0) is 0 Å².